The zero-order valence-electron chi connectivity index (χ0n) is 9.93. The van der Waals surface area contributed by atoms with Crippen LogP contribution in [0.4, 0.5) is 0 Å². The molecule has 1 atom stereocenters. The summed E-state index contributed by atoms with van der Waals surface area (Å²) in [7, 11) is 0. The van der Waals surface area contributed by atoms with Crippen molar-refractivity contribution in [2.45, 2.75) is 18.3 Å². The van der Waals surface area contributed by atoms with Crippen LogP contribution >= 0.6 is 48.8 Å². The Kier molecular flexibility index (Phi) is 6.28. The second kappa shape index (κ2) is 7.25. The zero-order chi connectivity index (χ0) is 13.1. The van der Waals surface area contributed by atoms with Crippen molar-refractivity contribution in [3.8, 4) is 0 Å². The molecule has 0 spiro atoms. The third-order valence-electron chi connectivity index (χ3n) is 2.23. The molecule has 1 aromatic heterocycles. The molecule has 2 heterocycles. The van der Waals surface area contributed by atoms with Crippen molar-refractivity contribution in [1.29, 1.82) is 0 Å². The number of hydrogen-bond acceptors (Lipinski definition) is 3. The molecule has 0 saturated heterocycles. The van der Waals surface area contributed by atoms with Crippen LogP contribution in [0.15, 0.2) is 32.9 Å². The van der Waals surface area contributed by atoms with Gasteiger partial charge >= 0.3 is 0 Å². The highest BCUT2D eigenvalue weighted by Gasteiger charge is 2.25. The molecule has 0 saturated carbocycles. The molecule has 0 bridgehead atoms. The number of halogens is 3. The minimum Gasteiger partial charge on any atom is -0.313 e. The molecule has 0 aliphatic carbocycles. The monoisotopic (exact) mass is 452 g/mol. The number of aromatic nitrogens is 1. The fraction of sp³-hybridized carbons (Fsp3) is 0.273. The van der Waals surface area contributed by atoms with Gasteiger partial charge in [0.15, 0.2) is 4.83 Å². The van der Waals surface area contributed by atoms with Gasteiger partial charge in [0.05, 0.1) is 6.54 Å². The van der Waals surface area contributed by atoms with E-state index in [1.807, 2.05) is 6.07 Å². The number of nitrogens with zero attached hydrogens (tertiary/aromatic N) is 3. The Bertz CT molecular complexity index is 544. The summed E-state index contributed by atoms with van der Waals surface area (Å²) in [5.74, 6) is 0.895. The first-order chi connectivity index (χ1) is 8.56. The SMILES string of the molecule is Br.CC1=NC(=NCc2cncc(Br)c2)C(Br)C(=O)N1. The predicted octanol–water partition coefficient (Wildman–Crippen LogP) is 2.63. The fourth-order valence-corrected chi connectivity index (χ4v) is 2.22. The van der Waals surface area contributed by atoms with Gasteiger partial charge in [0.2, 0.25) is 5.91 Å². The lowest BCUT2D eigenvalue weighted by Gasteiger charge is -2.16. The van der Waals surface area contributed by atoms with E-state index in [0.717, 1.165) is 10.0 Å². The van der Waals surface area contributed by atoms with E-state index < -0.39 is 4.83 Å². The first kappa shape index (κ1) is 16.5. The predicted molar refractivity (Wildman–Crippen MR) is 87.4 cm³/mol. The third-order valence-corrected chi connectivity index (χ3v) is 3.49. The van der Waals surface area contributed by atoms with E-state index in [-0.39, 0.29) is 22.9 Å². The second-order valence-electron chi connectivity index (χ2n) is 3.73. The average molecular weight is 455 g/mol. The van der Waals surface area contributed by atoms with Crippen LogP contribution in [-0.2, 0) is 11.3 Å². The highest BCUT2D eigenvalue weighted by atomic mass is 79.9. The van der Waals surface area contributed by atoms with Gasteiger partial charge in [-0.25, -0.2) is 4.99 Å². The van der Waals surface area contributed by atoms with E-state index in [9.17, 15) is 4.79 Å². The highest BCUT2D eigenvalue weighted by molar-refractivity contribution is 9.10. The minimum absolute atomic E-state index is 0. The number of hydrogen-bond donors (Lipinski definition) is 1. The smallest absolute Gasteiger partial charge is 0.246 e. The number of aliphatic imine (C=N–C) groups is 2. The van der Waals surface area contributed by atoms with E-state index >= 15 is 0 Å². The number of amidine groups is 2. The van der Waals surface area contributed by atoms with E-state index in [0.29, 0.717) is 18.2 Å². The van der Waals surface area contributed by atoms with E-state index in [1.165, 1.54) is 0 Å². The molecule has 1 unspecified atom stereocenters. The Hall–Kier alpha value is -0.600. The number of carbonyl (C=O) groups excluding carboxylic acids is 1. The van der Waals surface area contributed by atoms with E-state index in [4.69, 9.17) is 0 Å². The van der Waals surface area contributed by atoms with Crippen molar-refractivity contribution >= 4 is 66.4 Å². The van der Waals surface area contributed by atoms with Crippen LogP contribution in [0.5, 0.6) is 0 Å². The molecule has 1 aliphatic heterocycles. The molecular weight excluding hydrogens is 444 g/mol. The van der Waals surface area contributed by atoms with Crippen LogP contribution < -0.4 is 5.32 Å². The van der Waals surface area contributed by atoms with Crippen LogP contribution in [-0.4, -0.2) is 27.4 Å². The molecule has 0 fully saturated rings. The Morgan fingerprint density at radius 1 is 1.47 bits per heavy atom. The Balaban J connectivity index is 0.00000180. The van der Waals surface area contributed by atoms with Crippen molar-refractivity contribution in [3.63, 3.8) is 0 Å². The lowest BCUT2D eigenvalue weighted by molar-refractivity contribution is -0.118. The zero-order valence-corrected chi connectivity index (χ0v) is 14.8. The third kappa shape index (κ3) is 4.47. The molecule has 1 N–H and O–H groups in total. The number of rotatable bonds is 2. The van der Waals surface area contributed by atoms with Crippen molar-refractivity contribution in [2.75, 3.05) is 0 Å². The highest BCUT2D eigenvalue weighted by Crippen LogP contribution is 2.13. The van der Waals surface area contributed by atoms with Gasteiger partial charge in [0.1, 0.15) is 11.7 Å². The largest absolute Gasteiger partial charge is 0.313 e. The summed E-state index contributed by atoms with van der Waals surface area (Å²) >= 11 is 6.61. The van der Waals surface area contributed by atoms with Crippen LogP contribution in [0.2, 0.25) is 0 Å². The summed E-state index contributed by atoms with van der Waals surface area (Å²) < 4.78 is 0.900. The molecule has 1 aromatic rings. The Morgan fingerprint density at radius 3 is 2.89 bits per heavy atom. The topological polar surface area (TPSA) is 66.7 Å². The standard InChI is InChI=1S/C11H10Br2N4O.BrH/c1-6-16-10(9(13)11(18)17-6)15-4-7-2-8(12)5-14-3-7;/h2-3,5,9H,4H2,1H3,(H,15,16,17,18);1H. The summed E-state index contributed by atoms with van der Waals surface area (Å²) in [5, 5.41) is 2.63. The van der Waals surface area contributed by atoms with Gasteiger partial charge in [-0.15, -0.1) is 17.0 Å². The fourth-order valence-electron chi connectivity index (χ4n) is 1.45. The molecule has 0 radical (unpaired) electrons. The van der Waals surface area contributed by atoms with Crippen molar-refractivity contribution in [2.24, 2.45) is 9.98 Å². The maximum absolute atomic E-state index is 11.5. The second-order valence-corrected chi connectivity index (χ2v) is 5.57. The normalized spacial score (nSPS) is 20.6. The van der Waals surface area contributed by atoms with Gasteiger partial charge in [-0.05, 0) is 34.5 Å². The van der Waals surface area contributed by atoms with Crippen LogP contribution in [0.3, 0.4) is 0 Å². The van der Waals surface area contributed by atoms with Crippen LogP contribution in [0.1, 0.15) is 12.5 Å². The molecule has 0 aromatic carbocycles. The van der Waals surface area contributed by atoms with Gasteiger partial charge in [-0.2, -0.15) is 0 Å². The Morgan fingerprint density at radius 2 is 2.21 bits per heavy atom. The van der Waals surface area contributed by atoms with Gasteiger partial charge in [0, 0.05) is 16.9 Å². The van der Waals surface area contributed by atoms with Gasteiger partial charge in [-0.1, -0.05) is 15.9 Å². The van der Waals surface area contributed by atoms with Gasteiger partial charge in [-0.3, -0.25) is 14.8 Å². The molecule has 102 valence electrons. The van der Waals surface area contributed by atoms with Crippen molar-refractivity contribution in [1.82, 2.24) is 10.3 Å². The number of nitrogens with one attached hydrogen (secondary N) is 1. The van der Waals surface area contributed by atoms with Crippen molar-refractivity contribution in [3.05, 3.63) is 28.5 Å². The average Bonchev–Trinajstić information content (AvgIpc) is 2.32. The van der Waals surface area contributed by atoms with E-state index in [1.54, 1.807) is 19.3 Å². The number of amides is 1. The molecule has 19 heavy (non-hydrogen) atoms. The number of alkyl halides is 1. The van der Waals surface area contributed by atoms with Gasteiger partial charge in [0.25, 0.3) is 0 Å². The molecule has 8 heteroatoms. The molecule has 2 rings (SSSR count). The molecular formula is C11H11Br3N4O. The quantitative estimate of drug-likeness (QED) is 0.698. The van der Waals surface area contributed by atoms with Crippen LogP contribution in [0, 0.1) is 0 Å². The first-order valence-corrected chi connectivity index (χ1v) is 6.91. The van der Waals surface area contributed by atoms with E-state index in [2.05, 4.69) is 52.1 Å². The molecule has 1 amide bonds. The molecule has 1 aliphatic rings. The minimum atomic E-state index is -0.499. The first-order valence-electron chi connectivity index (χ1n) is 5.20. The summed E-state index contributed by atoms with van der Waals surface area (Å²) in [6.45, 7) is 2.17. The number of pyridine rings is 1. The summed E-state index contributed by atoms with van der Waals surface area (Å²) in [6.07, 6.45) is 3.44. The summed E-state index contributed by atoms with van der Waals surface area (Å²) in [5.41, 5.74) is 0.954. The summed E-state index contributed by atoms with van der Waals surface area (Å²) in [4.78, 5) is 23.6. The van der Waals surface area contributed by atoms with Crippen LogP contribution in [0.25, 0.3) is 0 Å². The lowest BCUT2D eigenvalue weighted by atomic mass is 10.3. The Labute approximate surface area is 138 Å². The maximum atomic E-state index is 11.5. The summed E-state index contributed by atoms with van der Waals surface area (Å²) in [6, 6.07) is 1.93. The molecule has 5 nitrogen and oxygen atoms in total. The lowest BCUT2D eigenvalue weighted by Crippen LogP contribution is -2.43. The van der Waals surface area contributed by atoms with Crippen molar-refractivity contribution < 1.29 is 4.79 Å². The number of carbonyl (C=O) groups is 1. The maximum Gasteiger partial charge on any atom is 0.246 e. The van der Waals surface area contributed by atoms with Gasteiger partial charge < -0.3 is 5.32 Å².